The Balaban J connectivity index is 1.80. The van der Waals surface area contributed by atoms with Gasteiger partial charge >= 0.3 is 0 Å². The van der Waals surface area contributed by atoms with Crippen LogP contribution in [0.2, 0.25) is 5.28 Å². The molecule has 0 bridgehead atoms. The number of aromatic nitrogens is 3. The van der Waals surface area contributed by atoms with E-state index in [0.29, 0.717) is 37.9 Å². The first kappa shape index (κ1) is 16.8. The van der Waals surface area contributed by atoms with E-state index in [1.54, 1.807) is 0 Å². The molecule has 1 aromatic heterocycles. The first-order chi connectivity index (χ1) is 11.4. The maximum Gasteiger partial charge on any atom is 0.295 e. The van der Waals surface area contributed by atoms with Gasteiger partial charge in [-0.15, -0.1) is 0 Å². The number of benzene rings is 1. The van der Waals surface area contributed by atoms with Crippen LogP contribution >= 0.6 is 11.6 Å². The molecule has 2 N–H and O–H groups in total. The molecule has 1 fully saturated rings. The maximum atomic E-state index is 11.0. The van der Waals surface area contributed by atoms with Gasteiger partial charge in [-0.3, -0.25) is 4.55 Å². The molecule has 127 valence electrons. The monoisotopic (exact) mass is 370 g/mol. The lowest BCUT2D eigenvalue weighted by molar-refractivity contribution is 0.122. The van der Waals surface area contributed by atoms with Gasteiger partial charge in [0, 0.05) is 24.8 Å². The Bertz CT molecular complexity index is 825. The summed E-state index contributed by atoms with van der Waals surface area (Å²) in [6.07, 6.45) is 0. The Morgan fingerprint density at radius 3 is 2.62 bits per heavy atom. The van der Waals surface area contributed by atoms with Crippen LogP contribution < -0.4 is 10.2 Å². The van der Waals surface area contributed by atoms with E-state index in [0.717, 1.165) is 0 Å². The van der Waals surface area contributed by atoms with Gasteiger partial charge in [0.25, 0.3) is 10.1 Å². The van der Waals surface area contributed by atoms with Crippen LogP contribution in [0.1, 0.15) is 0 Å². The molecule has 0 aliphatic carbocycles. The summed E-state index contributed by atoms with van der Waals surface area (Å²) < 4.78 is 36.2. The highest BCUT2D eigenvalue weighted by molar-refractivity contribution is 7.85. The second-order valence-corrected chi connectivity index (χ2v) is 6.60. The van der Waals surface area contributed by atoms with E-state index in [1.165, 1.54) is 18.2 Å². The molecule has 1 saturated heterocycles. The molecule has 0 spiro atoms. The van der Waals surface area contributed by atoms with Gasteiger partial charge in [-0.25, -0.2) is 0 Å². The van der Waals surface area contributed by atoms with Crippen LogP contribution in [0.4, 0.5) is 17.6 Å². The SMILES string of the molecule is O=S(=O)(O)c1[c]cc(Nc2nc(Cl)nc(N3CCOCC3)n2)cc1. The smallest absolute Gasteiger partial charge is 0.295 e. The van der Waals surface area contributed by atoms with Crippen molar-refractivity contribution in [3.8, 4) is 0 Å². The summed E-state index contributed by atoms with van der Waals surface area (Å²) in [5.74, 6) is 0.642. The average Bonchev–Trinajstić information content (AvgIpc) is 2.55. The molecule has 0 saturated carbocycles. The van der Waals surface area contributed by atoms with Gasteiger partial charge in [0.15, 0.2) is 0 Å². The van der Waals surface area contributed by atoms with Crippen LogP contribution in [0.5, 0.6) is 0 Å². The molecule has 0 atom stereocenters. The molecular weight excluding hydrogens is 358 g/mol. The number of morpholine rings is 1. The molecular formula is C13H13ClN5O4S. The van der Waals surface area contributed by atoms with Crippen LogP contribution in [0, 0.1) is 6.07 Å². The summed E-state index contributed by atoms with van der Waals surface area (Å²) in [6.45, 7) is 2.46. The minimum absolute atomic E-state index is 0.0347. The van der Waals surface area contributed by atoms with Gasteiger partial charge in [-0.2, -0.15) is 23.4 Å². The predicted molar refractivity (Wildman–Crippen MR) is 86.2 cm³/mol. The number of anilines is 3. The number of halogens is 1. The van der Waals surface area contributed by atoms with E-state index in [2.05, 4.69) is 26.3 Å². The molecule has 11 heteroatoms. The number of hydrogen-bond acceptors (Lipinski definition) is 8. The molecule has 24 heavy (non-hydrogen) atoms. The van der Waals surface area contributed by atoms with Gasteiger partial charge < -0.3 is 15.0 Å². The van der Waals surface area contributed by atoms with Crippen molar-refractivity contribution in [2.45, 2.75) is 4.90 Å². The Kier molecular flexibility index (Phi) is 4.81. The first-order valence-electron chi connectivity index (χ1n) is 6.92. The second-order valence-electron chi connectivity index (χ2n) is 4.87. The number of nitrogens with one attached hydrogen (secondary N) is 1. The summed E-state index contributed by atoms with van der Waals surface area (Å²) in [4.78, 5) is 14.0. The van der Waals surface area contributed by atoms with Crippen molar-refractivity contribution in [1.82, 2.24) is 15.0 Å². The van der Waals surface area contributed by atoms with Crippen molar-refractivity contribution in [3.63, 3.8) is 0 Å². The third-order valence-corrected chi connectivity index (χ3v) is 4.19. The Hall–Kier alpha value is -2.01. The van der Waals surface area contributed by atoms with E-state index in [1.807, 2.05) is 4.90 Å². The van der Waals surface area contributed by atoms with Crippen molar-refractivity contribution in [1.29, 1.82) is 0 Å². The number of nitrogens with zero attached hydrogens (tertiary/aromatic N) is 4. The van der Waals surface area contributed by atoms with Crippen molar-refractivity contribution in [3.05, 3.63) is 29.5 Å². The van der Waals surface area contributed by atoms with Crippen molar-refractivity contribution >= 4 is 39.3 Å². The third-order valence-electron chi connectivity index (χ3n) is 3.21. The van der Waals surface area contributed by atoms with E-state index in [9.17, 15) is 8.42 Å². The maximum absolute atomic E-state index is 11.0. The molecule has 9 nitrogen and oxygen atoms in total. The molecule has 2 aromatic rings. The molecule has 1 radical (unpaired) electrons. The lowest BCUT2D eigenvalue weighted by Crippen LogP contribution is -2.37. The van der Waals surface area contributed by atoms with E-state index in [-0.39, 0.29) is 16.1 Å². The number of ether oxygens (including phenoxy) is 1. The molecule has 2 heterocycles. The van der Waals surface area contributed by atoms with Gasteiger partial charge in [-0.05, 0) is 29.8 Å². The molecule has 1 aromatic carbocycles. The second kappa shape index (κ2) is 6.85. The number of rotatable bonds is 4. The van der Waals surface area contributed by atoms with Gasteiger partial charge in [0.05, 0.1) is 13.2 Å². The molecule has 3 rings (SSSR count). The quantitative estimate of drug-likeness (QED) is 0.764. The molecule has 1 aliphatic heterocycles. The zero-order valence-corrected chi connectivity index (χ0v) is 13.9. The lowest BCUT2D eigenvalue weighted by atomic mass is 10.3. The standard InChI is InChI=1S/C13H13ClN5O4S/c14-11-16-12(18-13(17-11)19-5-7-23-8-6-19)15-9-1-3-10(4-2-9)24(20,21)22/h1-3H,5-8H2,(H,20,21,22)(H,15,16,17,18). The minimum atomic E-state index is -4.28. The first-order valence-corrected chi connectivity index (χ1v) is 8.74. The summed E-state index contributed by atoms with van der Waals surface area (Å²) >= 11 is 5.94. The van der Waals surface area contributed by atoms with E-state index in [4.69, 9.17) is 20.9 Å². The molecule has 0 amide bonds. The van der Waals surface area contributed by atoms with Gasteiger partial charge in [-0.1, -0.05) is 0 Å². The highest BCUT2D eigenvalue weighted by atomic mass is 35.5. The summed E-state index contributed by atoms with van der Waals surface area (Å²) in [5, 5.41) is 2.93. The largest absolute Gasteiger partial charge is 0.378 e. The lowest BCUT2D eigenvalue weighted by Gasteiger charge is -2.26. The van der Waals surface area contributed by atoms with Crippen LogP contribution in [0.15, 0.2) is 23.1 Å². The fraction of sp³-hybridized carbons (Fsp3) is 0.308. The summed E-state index contributed by atoms with van der Waals surface area (Å²) in [7, 11) is -4.28. The average molecular weight is 371 g/mol. The zero-order chi connectivity index (χ0) is 17.2. The predicted octanol–water partition coefficient (Wildman–Crippen LogP) is 1.15. The van der Waals surface area contributed by atoms with Crippen LogP contribution in [0.25, 0.3) is 0 Å². The third kappa shape index (κ3) is 4.09. The van der Waals surface area contributed by atoms with Crippen molar-refractivity contribution in [2.75, 3.05) is 36.5 Å². The summed E-state index contributed by atoms with van der Waals surface area (Å²) in [5.41, 5.74) is 0.484. The Morgan fingerprint density at radius 1 is 1.25 bits per heavy atom. The Labute approximate surface area is 143 Å². The summed E-state index contributed by atoms with van der Waals surface area (Å²) in [6, 6.07) is 6.48. The Morgan fingerprint density at radius 2 is 2.00 bits per heavy atom. The van der Waals surface area contributed by atoms with Gasteiger partial charge in [0.2, 0.25) is 17.2 Å². The topological polar surface area (TPSA) is 118 Å². The van der Waals surface area contributed by atoms with Crippen LogP contribution in [-0.2, 0) is 14.9 Å². The van der Waals surface area contributed by atoms with E-state index >= 15 is 0 Å². The minimum Gasteiger partial charge on any atom is -0.378 e. The highest BCUT2D eigenvalue weighted by Gasteiger charge is 2.16. The fourth-order valence-corrected chi connectivity index (χ4v) is 2.68. The van der Waals surface area contributed by atoms with Crippen LogP contribution in [0.3, 0.4) is 0 Å². The highest BCUT2D eigenvalue weighted by Crippen LogP contribution is 2.19. The normalized spacial score (nSPS) is 15.3. The molecule has 1 aliphatic rings. The number of hydrogen-bond donors (Lipinski definition) is 2. The molecule has 0 unspecified atom stereocenters. The van der Waals surface area contributed by atoms with E-state index < -0.39 is 10.1 Å². The van der Waals surface area contributed by atoms with Crippen LogP contribution in [-0.4, -0.2) is 54.2 Å². The fourth-order valence-electron chi connectivity index (χ4n) is 2.08. The van der Waals surface area contributed by atoms with Crippen molar-refractivity contribution < 1.29 is 17.7 Å². The van der Waals surface area contributed by atoms with Gasteiger partial charge in [0.1, 0.15) is 4.90 Å². The zero-order valence-electron chi connectivity index (χ0n) is 12.3. The van der Waals surface area contributed by atoms with Crippen molar-refractivity contribution in [2.24, 2.45) is 0 Å².